The summed E-state index contributed by atoms with van der Waals surface area (Å²) in [6, 6.07) is 20.4. The highest BCUT2D eigenvalue weighted by Gasteiger charge is 2.11. The van der Waals surface area contributed by atoms with Gasteiger partial charge in [-0.1, -0.05) is 42.5 Å². The van der Waals surface area contributed by atoms with Gasteiger partial charge in [-0.05, 0) is 23.6 Å². The van der Waals surface area contributed by atoms with Crippen molar-refractivity contribution in [1.29, 1.82) is 0 Å². The molecule has 0 saturated carbocycles. The SMILES string of the molecule is O=c1[nH]c2c(ccc3sc4ccccc4c32)c2ccccc12. The molecule has 22 heavy (non-hydrogen) atoms. The van der Waals surface area contributed by atoms with E-state index in [1.165, 1.54) is 14.8 Å². The molecule has 0 atom stereocenters. The zero-order valence-electron chi connectivity index (χ0n) is 11.6. The molecule has 0 unspecified atom stereocenters. The van der Waals surface area contributed by atoms with Crippen LogP contribution in [0.3, 0.4) is 0 Å². The van der Waals surface area contributed by atoms with E-state index in [2.05, 4.69) is 35.3 Å². The molecule has 2 heterocycles. The number of H-pyrrole nitrogens is 1. The number of pyridine rings is 1. The molecule has 0 radical (unpaired) electrons. The summed E-state index contributed by atoms with van der Waals surface area (Å²) in [5.74, 6) is 0. The number of rotatable bonds is 0. The Morgan fingerprint density at radius 2 is 1.41 bits per heavy atom. The minimum atomic E-state index is -0.0223. The van der Waals surface area contributed by atoms with Crippen molar-refractivity contribution in [2.45, 2.75) is 0 Å². The highest BCUT2D eigenvalue weighted by atomic mass is 32.1. The molecule has 0 aliphatic rings. The van der Waals surface area contributed by atoms with Gasteiger partial charge in [-0.25, -0.2) is 0 Å². The van der Waals surface area contributed by atoms with Gasteiger partial charge in [0.1, 0.15) is 0 Å². The fourth-order valence-electron chi connectivity index (χ4n) is 3.27. The second-order valence-corrected chi connectivity index (χ2v) is 6.54. The molecule has 0 aliphatic carbocycles. The Bertz CT molecular complexity index is 1250. The largest absolute Gasteiger partial charge is 0.321 e. The average molecular weight is 301 g/mol. The summed E-state index contributed by atoms with van der Waals surface area (Å²) in [5, 5.41) is 5.22. The minimum absolute atomic E-state index is 0.0223. The van der Waals surface area contributed by atoms with Gasteiger partial charge in [-0.3, -0.25) is 4.79 Å². The molecule has 104 valence electrons. The number of nitrogens with one attached hydrogen (secondary N) is 1. The molecular formula is C19H11NOS. The number of thiophene rings is 1. The molecule has 3 heteroatoms. The molecule has 2 aromatic heterocycles. The topological polar surface area (TPSA) is 32.9 Å². The van der Waals surface area contributed by atoms with Gasteiger partial charge in [-0.2, -0.15) is 0 Å². The van der Waals surface area contributed by atoms with E-state index in [-0.39, 0.29) is 5.56 Å². The lowest BCUT2D eigenvalue weighted by Gasteiger charge is -2.05. The van der Waals surface area contributed by atoms with Gasteiger partial charge >= 0.3 is 0 Å². The molecule has 2 nitrogen and oxygen atoms in total. The van der Waals surface area contributed by atoms with Crippen molar-refractivity contribution in [2.24, 2.45) is 0 Å². The van der Waals surface area contributed by atoms with E-state index >= 15 is 0 Å². The standard InChI is InChI=1S/C19H11NOS/c21-19-13-6-2-1-5-11(13)12-9-10-16-17(18(12)20-19)14-7-3-4-8-15(14)22-16/h1-10H,(H,20,21). The van der Waals surface area contributed by atoms with E-state index in [1.54, 1.807) is 11.3 Å². The smallest absolute Gasteiger partial charge is 0.256 e. The third-order valence-corrected chi connectivity index (χ3v) is 5.38. The van der Waals surface area contributed by atoms with Crippen LogP contribution in [0.25, 0.3) is 41.8 Å². The van der Waals surface area contributed by atoms with Gasteiger partial charge < -0.3 is 4.98 Å². The predicted molar refractivity (Wildman–Crippen MR) is 95.0 cm³/mol. The maximum absolute atomic E-state index is 12.4. The first kappa shape index (κ1) is 12.0. The molecule has 0 saturated heterocycles. The lowest BCUT2D eigenvalue weighted by Crippen LogP contribution is -2.06. The first-order chi connectivity index (χ1) is 10.8. The first-order valence-electron chi connectivity index (χ1n) is 7.18. The van der Waals surface area contributed by atoms with E-state index in [9.17, 15) is 4.79 Å². The Morgan fingerprint density at radius 3 is 2.27 bits per heavy atom. The van der Waals surface area contributed by atoms with Crippen molar-refractivity contribution in [3.63, 3.8) is 0 Å². The third kappa shape index (κ3) is 1.46. The molecule has 0 fully saturated rings. The molecule has 5 rings (SSSR count). The quantitative estimate of drug-likeness (QED) is 0.399. The number of aromatic nitrogens is 1. The summed E-state index contributed by atoms with van der Waals surface area (Å²) in [6.07, 6.45) is 0. The average Bonchev–Trinajstić information content (AvgIpc) is 2.94. The van der Waals surface area contributed by atoms with E-state index in [1.807, 2.05) is 30.3 Å². The summed E-state index contributed by atoms with van der Waals surface area (Å²) in [7, 11) is 0. The van der Waals surface area contributed by atoms with Crippen LogP contribution in [0.15, 0.2) is 65.5 Å². The van der Waals surface area contributed by atoms with Crippen molar-refractivity contribution in [1.82, 2.24) is 4.98 Å². The van der Waals surface area contributed by atoms with E-state index in [0.717, 1.165) is 27.1 Å². The maximum atomic E-state index is 12.4. The lowest BCUT2D eigenvalue weighted by molar-refractivity contribution is 1.36. The fourth-order valence-corrected chi connectivity index (χ4v) is 4.38. The molecule has 0 aliphatic heterocycles. The number of benzene rings is 3. The van der Waals surface area contributed by atoms with Gasteiger partial charge in [0, 0.05) is 30.9 Å². The predicted octanol–water partition coefficient (Wildman–Crippen LogP) is 5.05. The number of fused-ring (bicyclic) bond motifs is 7. The van der Waals surface area contributed by atoms with Crippen LogP contribution in [-0.4, -0.2) is 4.98 Å². The van der Waals surface area contributed by atoms with Crippen LogP contribution in [0.5, 0.6) is 0 Å². The van der Waals surface area contributed by atoms with Crippen LogP contribution in [0, 0.1) is 0 Å². The Balaban J connectivity index is 2.16. The molecule has 0 spiro atoms. The van der Waals surface area contributed by atoms with E-state index in [0.29, 0.717) is 0 Å². The highest BCUT2D eigenvalue weighted by molar-refractivity contribution is 7.26. The van der Waals surface area contributed by atoms with Crippen LogP contribution in [0.1, 0.15) is 0 Å². The summed E-state index contributed by atoms with van der Waals surface area (Å²) >= 11 is 1.77. The Labute approximate surface area is 129 Å². The molecular weight excluding hydrogens is 290 g/mol. The molecule has 1 N–H and O–H groups in total. The molecule has 3 aromatic carbocycles. The Kier molecular flexibility index (Phi) is 2.27. The normalized spacial score (nSPS) is 11.8. The third-order valence-electron chi connectivity index (χ3n) is 4.24. The summed E-state index contributed by atoms with van der Waals surface area (Å²) in [5.41, 5.74) is 0.921. The van der Waals surface area contributed by atoms with E-state index < -0.39 is 0 Å². The van der Waals surface area contributed by atoms with Gasteiger partial charge in [0.2, 0.25) is 0 Å². The second-order valence-electron chi connectivity index (χ2n) is 5.46. The first-order valence-corrected chi connectivity index (χ1v) is 7.99. The zero-order chi connectivity index (χ0) is 14.7. The highest BCUT2D eigenvalue weighted by Crippen LogP contribution is 2.38. The monoisotopic (exact) mass is 301 g/mol. The van der Waals surface area contributed by atoms with Crippen molar-refractivity contribution in [3.8, 4) is 0 Å². The van der Waals surface area contributed by atoms with Crippen molar-refractivity contribution < 1.29 is 0 Å². The summed E-state index contributed by atoms with van der Waals surface area (Å²) in [4.78, 5) is 15.5. The number of aromatic amines is 1. The Hall–Kier alpha value is -2.65. The van der Waals surface area contributed by atoms with Gasteiger partial charge in [0.15, 0.2) is 0 Å². The lowest BCUT2D eigenvalue weighted by atomic mass is 10.0. The van der Waals surface area contributed by atoms with Crippen molar-refractivity contribution >= 4 is 53.2 Å². The Morgan fingerprint density at radius 1 is 0.682 bits per heavy atom. The summed E-state index contributed by atoms with van der Waals surface area (Å²) < 4.78 is 2.46. The number of hydrogen-bond donors (Lipinski definition) is 1. The minimum Gasteiger partial charge on any atom is -0.321 e. The van der Waals surface area contributed by atoms with Crippen LogP contribution < -0.4 is 5.56 Å². The van der Waals surface area contributed by atoms with Crippen LogP contribution in [0.4, 0.5) is 0 Å². The molecule has 0 bridgehead atoms. The zero-order valence-corrected chi connectivity index (χ0v) is 12.4. The van der Waals surface area contributed by atoms with Crippen molar-refractivity contribution in [2.75, 3.05) is 0 Å². The van der Waals surface area contributed by atoms with E-state index in [4.69, 9.17) is 0 Å². The van der Waals surface area contributed by atoms with Gasteiger partial charge in [0.25, 0.3) is 5.56 Å². The van der Waals surface area contributed by atoms with Crippen molar-refractivity contribution in [3.05, 3.63) is 71.0 Å². The number of hydrogen-bond acceptors (Lipinski definition) is 2. The second kappa shape index (κ2) is 4.18. The van der Waals surface area contributed by atoms with Gasteiger partial charge in [-0.15, -0.1) is 11.3 Å². The fraction of sp³-hybridized carbons (Fsp3) is 0. The summed E-state index contributed by atoms with van der Waals surface area (Å²) in [6.45, 7) is 0. The van der Waals surface area contributed by atoms with Crippen LogP contribution in [-0.2, 0) is 0 Å². The van der Waals surface area contributed by atoms with Gasteiger partial charge in [0.05, 0.1) is 5.52 Å². The van der Waals surface area contributed by atoms with Crippen LogP contribution >= 0.6 is 11.3 Å². The molecule has 0 amide bonds. The van der Waals surface area contributed by atoms with Crippen LogP contribution in [0.2, 0.25) is 0 Å². The maximum Gasteiger partial charge on any atom is 0.256 e. The molecule has 5 aromatic rings.